The molecule has 1 fully saturated rings. The third-order valence-corrected chi connectivity index (χ3v) is 4.88. The number of nitrogens with zero attached hydrogens (tertiary/aromatic N) is 1. The van der Waals surface area contributed by atoms with Gasteiger partial charge in [0.1, 0.15) is 11.6 Å². The van der Waals surface area contributed by atoms with Crippen LogP contribution in [0.2, 0.25) is 5.02 Å². The van der Waals surface area contributed by atoms with Gasteiger partial charge in [-0.2, -0.15) is 0 Å². The van der Waals surface area contributed by atoms with Crippen LogP contribution < -0.4 is 4.90 Å². The molecule has 0 spiro atoms. The second kappa shape index (κ2) is 6.37. The first-order valence-corrected chi connectivity index (χ1v) is 8.06. The molecule has 2 amide bonds. The Balaban J connectivity index is 2.00. The van der Waals surface area contributed by atoms with E-state index in [0.717, 1.165) is 22.7 Å². The molecule has 7 heteroatoms. The van der Waals surface area contributed by atoms with Crippen molar-refractivity contribution in [3.63, 3.8) is 0 Å². The molecule has 3 nitrogen and oxygen atoms in total. The Morgan fingerprint density at radius 1 is 1.08 bits per heavy atom. The van der Waals surface area contributed by atoms with E-state index in [1.54, 1.807) is 6.92 Å². The van der Waals surface area contributed by atoms with E-state index in [2.05, 4.69) is 0 Å². The highest BCUT2D eigenvalue weighted by Crippen LogP contribution is 2.39. The van der Waals surface area contributed by atoms with Crippen LogP contribution in [0.25, 0.3) is 5.57 Å². The number of halogens is 3. The van der Waals surface area contributed by atoms with Crippen LogP contribution in [0.15, 0.2) is 47.4 Å². The maximum atomic E-state index is 13.3. The highest BCUT2D eigenvalue weighted by molar-refractivity contribution is 8.19. The molecule has 1 aliphatic heterocycles. The molecule has 1 aliphatic rings. The zero-order valence-corrected chi connectivity index (χ0v) is 13.9. The third kappa shape index (κ3) is 2.95. The highest BCUT2D eigenvalue weighted by atomic mass is 35.5. The van der Waals surface area contributed by atoms with Gasteiger partial charge in [0.15, 0.2) is 0 Å². The van der Waals surface area contributed by atoms with Crippen molar-refractivity contribution < 1.29 is 18.4 Å². The molecule has 0 atom stereocenters. The lowest BCUT2D eigenvalue weighted by Crippen LogP contribution is -2.27. The monoisotopic (exact) mass is 365 g/mol. The van der Waals surface area contributed by atoms with Gasteiger partial charge in [0.05, 0.1) is 15.6 Å². The number of hydrogen-bond donors (Lipinski definition) is 0. The molecule has 0 saturated carbocycles. The average molecular weight is 366 g/mol. The number of anilines is 1. The van der Waals surface area contributed by atoms with E-state index in [1.165, 1.54) is 36.4 Å². The summed E-state index contributed by atoms with van der Waals surface area (Å²) in [5.41, 5.74) is 1.40. The summed E-state index contributed by atoms with van der Waals surface area (Å²) < 4.78 is 26.3. The van der Waals surface area contributed by atoms with Crippen molar-refractivity contribution in [1.82, 2.24) is 0 Å². The number of imide groups is 1. The maximum absolute atomic E-state index is 13.3. The Bertz CT molecular complexity index is 881. The minimum absolute atomic E-state index is 0.175. The Kier molecular flexibility index (Phi) is 4.43. The van der Waals surface area contributed by atoms with E-state index >= 15 is 0 Å². The minimum atomic E-state index is -0.634. The number of allylic oxidation sites excluding steroid dienone is 1. The van der Waals surface area contributed by atoms with Crippen molar-refractivity contribution >= 4 is 45.8 Å². The highest BCUT2D eigenvalue weighted by Gasteiger charge is 2.38. The van der Waals surface area contributed by atoms with Crippen molar-refractivity contribution in [2.24, 2.45) is 0 Å². The fraction of sp³-hybridized carbons (Fsp3) is 0.0588. The van der Waals surface area contributed by atoms with Crippen molar-refractivity contribution in [3.8, 4) is 0 Å². The summed E-state index contributed by atoms with van der Waals surface area (Å²) in [6, 6.07) is 9.26. The topological polar surface area (TPSA) is 37.4 Å². The first-order valence-electron chi connectivity index (χ1n) is 6.86. The van der Waals surface area contributed by atoms with Crippen molar-refractivity contribution in [2.75, 3.05) is 4.90 Å². The van der Waals surface area contributed by atoms with Gasteiger partial charge in [-0.15, -0.1) is 0 Å². The molecule has 3 rings (SSSR count). The Labute approximate surface area is 145 Å². The van der Waals surface area contributed by atoms with Crippen LogP contribution >= 0.6 is 23.4 Å². The maximum Gasteiger partial charge on any atom is 0.298 e. The predicted octanol–water partition coefficient (Wildman–Crippen LogP) is 5.25. The molecule has 122 valence electrons. The number of hydrogen-bond acceptors (Lipinski definition) is 3. The lowest BCUT2D eigenvalue weighted by molar-refractivity contribution is -0.113. The van der Waals surface area contributed by atoms with E-state index in [4.69, 9.17) is 11.6 Å². The third-order valence-electron chi connectivity index (χ3n) is 3.55. The molecular formula is C17H10ClF2NO2S. The number of benzene rings is 2. The zero-order chi connectivity index (χ0) is 17.4. The van der Waals surface area contributed by atoms with E-state index in [-0.39, 0.29) is 21.4 Å². The molecule has 0 aliphatic carbocycles. The zero-order valence-electron chi connectivity index (χ0n) is 12.3. The Morgan fingerprint density at radius 3 is 2.38 bits per heavy atom. The summed E-state index contributed by atoms with van der Waals surface area (Å²) in [5, 5.41) is -0.676. The normalized spacial score (nSPS) is 16.8. The second-order valence-electron chi connectivity index (χ2n) is 5.07. The number of thioether (sulfide) groups is 1. The summed E-state index contributed by atoms with van der Waals surface area (Å²) in [5.74, 6) is -1.54. The summed E-state index contributed by atoms with van der Waals surface area (Å²) in [7, 11) is 0. The van der Waals surface area contributed by atoms with Crippen LogP contribution in [0, 0.1) is 11.6 Å². The first kappa shape index (κ1) is 16.7. The predicted molar refractivity (Wildman–Crippen MR) is 90.9 cm³/mol. The van der Waals surface area contributed by atoms with Crippen molar-refractivity contribution in [1.29, 1.82) is 0 Å². The van der Waals surface area contributed by atoms with Gasteiger partial charge in [-0.25, -0.2) is 13.7 Å². The van der Waals surface area contributed by atoms with Gasteiger partial charge >= 0.3 is 0 Å². The van der Waals surface area contributed by atoms with Crippen LogP contribution in [0.5, 0.6) is 0 Å². The van der Waals surface area contributed by atoms with Gasteiger partial charge in [0.25, 0.3) is 11.1 Å². The molecular weight excluding hydrogens is 356 g/mol. The molecule has 1 saturated heterocycles. The van der Waals surface area contributed by atoms with E-state index in [0.29, 0.717) is 11.1 Å². The molecule has 0 unspecified atom stereocenters. The molecule has 0 aromatic heterocycles. The summed E-state index contributed by atoms with van der Waals surface area (Å²) in [6.07, 6.45) is 0. The number of carbonyl (C=O) groups excluding carboxylic acids is 2. The number of amides is 2. The van der Waals surface area contributed by atoms with Crippen LogP contribution in [-0.4, -0.2) is 11.1 Å². The Morgan fingerprint density at radius 2 is 1.75 bits per heavy atom. The molecule has 0 radical (unpaired) electrons. The molecule has 2 aromatic carbocycles. The fourth-order valence-electron chi connectivity index (χ4n) is 2.28. The van der Waals surface area contributed by atoms with Gasteiger partial charge in [0, 0.05) is 0 Å². The van der Waals surface area contributed by atoms with E-state index in [9.17, 15) is 18.4 Å². The number of rotatable bonds is 2. The van der Waals surface area contributed by atoms with Crippen molar-refractivity contribution in [3.05, 3.63) is 69.6 Å². The smallest absolute Gasteiger partial charge is 0.268 e. The average Bonchev–Trinajstić information content (AvgIpc) is 2.85. The second-order valence-corrected chi connectivity index (χ2v) is 6.44. The summed E-state index contributed by atoms with van der Waals surface area (Å²) >= 11 is 6.50. The fourth-order valence-corrected chi connectivity index (χ4v) is 3.35. The largest absolute Gasteiger partial charge is 0.298 e. The standard InChI is InChI=1S/C17H10ClF2NO2S/c1-9(10-2-4-11(19)5-3-10)15-16(22)21(17(23)24-15)12-6-7-14(20)13(18)8-12/h2-8H,1H3/b15-9-. The molecule has 0 bridgehead atoms. The van der Waals surface area contributed by atoms with Gasteiger partial charge in [-0.05, 0) is 60.2 Å². The summed E-state index contributed by atoms with van der Waals surface area (Å²) in [4.78, 5) is 26.0. The summed E-state index contributed by atoms with van der Waals surface area (Å²) in [6.45, 7) is 1.68. The quantitative estimate of drug-likeness (QED) is 0.682. The van der Waals surface area contributed by atoms with Crippen LogP contribution in [0.3, 0.4) is 0 Å². The molecule has 0 N–H and O–H groups in total. The van der Waals surface area contributed by atoms with Crippen LogP contribution in [-0.2, 0) is 4.79 Å². The van der Waals surface area contributed by atoms with E-state index in [1.807, 2.05) is 0 Å². The van der Waals surface area contributed by atoms with Gasteiger partial charge in [-0.1, -0.05) is 23.7 Å². The lowest BCUT2D eigenvalue weighted by Gasteiger charge is -2.13. The number of carbonyl (C=O) groups is 2. The van der Waals surface area contributed by atoms with Crippen LogP contribution in [0.1, 0.15) is 12.5 Å². The van der Waals surface area contributed by atoms with E-state index < -0.39 is 17.0 Å². The molecule has 1 heterocycles. The first-order chi connectivity index (χ1) is 11.4. The minimum Gasteiger partial charge on any atom is -0.268 e. The van der Waals surface area contributed by atoms with Gasteiger partial charge in [0.2, 0.25) is 0 Å². The molecule has 2 aromatic rings. The molecule has 24 heavy (non-hydrogen) atoms. The Hall–Kier alpha value is -2.18. The lowest BCUT2D eigenvalue weighted by atomic mass is 10.1. The van der Waals surface area contributed by atoms with Crippen molar-refractivity contribution in [2.45, 2.75) is 6.92 Å². The SMILES string of the molecule is C/C(=C1/SC(=O)N(c2ccc(F)c(Cl)c2)C1=O)c1ccc(F)cc1. The van der Waals surface area contributed by atoms with Crippen LogP contribution in [0.4, 0.5) is 19.3 Å². The van der Waals surface area contributed by atoms with Gasteiger partial charge < -0.3 is 0 Å². The van der Waals surface area contributed by atoms with Gasteiger partial charge in [-0.3, -0.25) is 9.59 Å².